The van der Waals surface area contributed by atoms with Crippen molar-refractivity contribution in [2.75, 3.05) is 13.2 Å². The lowest BCUT2D eigenvalue weighted by Crippen LogP contribution is -2.75. The van der Waals surface area contributed by atoms with Crippen LogP contribution >= 0.6 is 15.9 Å². The Morgan fingerprint density at radius 3 is 2.37 bits per heavy atom. The first-order chi connectivity index (χ1) is 19.9. The highest BCUT2D eigenvalue weighted by Crippen LogP contribution is 2.71. The van der Waals surface area contributed by atoms with Crippen molar-refractivity contribution < 1.29 is 38.7 Å². The first-order valence-electron chi connectivity index (χ1n) is 15.9. The second-order valence-electron chi connectivity index (χ2n) is 16.0. The minimum atomic E-state index is -2.22. The molecule has 0 aromatic heterocycles. The molecule has 1 spiro atoms. The van der Waals surface area contributed by atoms with E-state index in [-0.39, 0.29) is 30.1 Å². The fourth-order valence-corrected chi connectivity index (χ4v) is 10.9. The fourth-order valence-electron chi connectivity index (χ4n) is 8.89. The number of aliphatic hydroxyl groups is 3. The summed E-state index contributed by atoms with van der Waals surface area (Å²) < 4.78 is 34.3. The molecule has 5 aliphatic rings. The van der Waals surface area contributed by atoms with Crippen molar-refractivity contribution in [3.05, 3.63) is 35.9 Å². The molecule has 5 fully saturated rings. The number of alkyl halides is 1. The van der Waals surface area contributed by atoms with Gasteiger partial charge in [-0.1, -0.05) is 74.0 Å². The standard InChI is InChI=1S/C33H51BrO8Si/c1-19-14-23-32(37,27(19)36)28(34)31(18-39-43(7,8)29(2,3)4)15-21-24(38-17-20-12-10-9-11-13-20)26-25(40-30(5,6)41-26)22(16-35)33(21,23)42-31/h9-13,19,21-28,35-37H,14-18H2,1-8H3/t19-,21-,22+,23+,24+,25+,26+,27-,28+,31+,32+,33-/m0/s1. The third-order valence-electron chi connectivity index (χ3n) is 11.9. The maximum Gasteiger partial charge on any atom is 0.192 e. The Morgan fingerprint density at radius 2 is 1.74 bits per heavy atom. The highest BCUT2D eigenvalue weighted by Gasteiger charge is 2.83. The first-order valence-corrected chi connectivity index (χ1v) is 19.8. The van der Waals surface area contributed by atoms with E-state index < -0.39 is 72.0 Å². The van der Waals surface area contributed by atoms with Crippen molar-refractivity contribution >= 4 is 24.2 Å². The quantitative estimate of drug-likeness (QED) is 0.279. The van der Waals surface area contributed by atoms with Gasteiger partial charge in [0.05, 0.1) is 48.6 Å². The summed E-state index contributed by atoms with van der Waals surface area (Å²) in [4.78, 5) is -0.592. The number of benzene rings is 1. The summed E-state index contributed by atoms with van der Waals surface area (Å²) in [5.74, 6) is -2.24. The first kappa shape index (κ1) is 32.5. The van der Waals surface area contributed by atoms with E-state index in [1.54, 1.807) is 0 Å². The number of aliphatic hydroxyl groups excluding tert-OH is 2. The van der Waals surface area contributed by atoms with Gasteiger partial charge >= 0.3 is 0 Å². The SMILES string of the molecule is C[C@H]1C[C@@H]2[C@](O)([C@H](Br)[C@]3(CO[Si](C)(C)C(C)(C)C)C[C@H]4[C@@H](OCc5ccccc5)[C@H]5OC(C)(C)O[C@@H]5[C@@H](CO)[C@]24O3)[C@H]1O. The molecule has 10 heteroatoms. The van der Waals surface area contributed by atoms with Crippen LogP contribution in [0.3, 0.4) is 0 Å². The van der Waals surface area contributed by atoms with Gasteiger partial charge in [-0.3, -0.25) is 0 Å². The molecule has 12 atom stereocenters. The van der Waals surface area contributed by atoms with Crippen LogP contribution in [0, 0.1) is 23.7 Å². The van der Waals surface area contributed by atoms with Gasteiger partial charge in [-0.2, -0.15) is 0 Å². The zero-order chi connectivity index (χ0) is 31.4. The average Bonchev–Trinajstić information content (AvgIpc) is 3.52. The Kier molecular flexibility index (Phi) is 7.99. The minimum Gasteiger partial charge on any atom is -0.414 e. The van der Waals surface area contributed by atoms with E-state index in [9.17, 15) is 15.3 Å². The van der Waals surface area contributed by atoms with Crippen LogP contribution in [-0.4, -0.2) is 88.7 Å². The van der Waals surface area contributed by atoms with E-state index >= 15 is 0 Å². The van der Waals surface area contributed by atoms with E-state index in [0.717, 1.165) is 5.56 Å². The van der Waals surface area contributed by atoms with Crippen LogP contribution in [0.25, 0.3) is 0 Å². The Balaban J connectivity index is 1.48. The average molecular weight is 684 g/mol. The van der Waals surface area contributed by atoms with Crippen LogP contribution in [0.1, 0.15) is 59.9 Å². The molecular formula is C33H51BrO8Si. The normalized spacial score (nSPS) is 46.8. The van der Waals surface area contributed by atoms with E-state index in [0.29, 0.717) is 19.4 Å². The van der Waals surface area contributed by atoms with Crippen LogP contribution in [0.2, 0.25) is 18.1 Å². The molecule has 3 heterocycles. The molecule has 0 amide bonds. The van der Waals surface area contributed by atoms with Crippen molar-refractivity contribution in [1.29, 1.82) is 0 Å². The number of hydrogen-bond acceptors (Lipinski definition) is 8. The summed E-state index contributed by atoms with van der Waals surface area (Å²) in [6, 6.07) is 10.1. The van der Waals surface area contributed by atoms with Crippen LogP contribution in [-0.2, 0) is 30.0 Å². The molecule has 3 aliphatic heterocycles. The lowest BCUT2D eigenvalue weighted by Gasteiger charge is -2.61. The molecular weight excluding hydrogens is 632 g/mol. The predicted octanol–water partition coefficient (Wildman–Crippen LogP) is 4.78. The zero-order valence-corrected chi connectivity index (χ0v) is 29.5. The molecule has 6 rings (SSSR count). The lowest BCUT2D eigenvalue weighted by atomic mass is 9.57. The van der Waals surface area contributed by atoms with Gasteiger partial charge in [0.15, 0.2) is 14.1 Å². The van der Waals surface area contributed by atoms with Crippen molar-refractivity contribution in [1.82, 2.24) is 0 Å². The number of rotatable bonds is 7. The largest absolute Gasteiger partial charge is 0.414 e. The van der Waals surface area contributed by atoms with Gasteiger partial charge in [0.1, 0.15) is 17.3 Å². The van der Waals surface area contributed by atoms with Crippen molar-refractivity contribution in [2.45, 2.75) is 131 Å². The molecule has 2 bridgehead atoms. The van der Waals surface area contributed by atoms with Crippen molar-refractivity contribution in [3.63, 3.8) is 0 Å². The molecule has 43 heavy (non-hydrogen) atoms. The number of ether oxygens (including phenoxy) is 4. The molecule has 2 aliphatic carbocycles. The van der Waals surface area contributed by atoms with Crippen LogP contribution in [0.4, 0.5) is 0 Å². The minimum absolute atomic E-state index is 0.0246. The van der Waals surface area contributed by atoms with Gasteiger partial charge in [-0.25, -0.2) is 0 Å². The zero-order valence-electron chi connectivity index (χ0n) is 26.9. The van der Waals surface area contributed by atoms with Crippen LogP contribution < -0.4 is 0 Å². The van der Waals surface area contributed by atoms with Gasteiger partial charge < -0.3 is 38.7 Å². The Labute approximate surface area is 266 Å². The monoisotopic (exact) mass is 682 g/mol. The molecule has 1 aromatic rings. The molecule has 3 saturated heterocycles. The summed E-state index contributed by atoms with van der Waals surface area (Å²) in [7, 11) is -2.22. The summed E-state index contributed by atoms with van der Waals surface area (Å²) in [5.41, 5.74) is -2.44. The molecule has 242 valence electrons. The third-order valence-corrected chi connectivity index (χ3v) is 18.0. The molecule has 0 radical (unpaired) electrons. The second kappa shape index (κ2) is 10.6. The van der Waals surface area contributed by atoms with Gasteiger partial charge in [0.25, 0.3) is 0 Å². The smallest absolute Gasteiger partial charge is 0.192 e. The van der Waals surface area contributed by atoms with Crippen molar-refractivity contribution in [2.24, 2.45) is 23.7 Å². The van der Waals surface area contributed by atoms with E-state index in [2.05, 4.69) is 49.8 Å². The van der Waals surface area contributed by atoms with E-state index in [1.165, 1.54) is 0 Å². The van der Waals surface area contributed by atoms with E-state index in [1.807, 2.05) is 51.1 Å². The Bertz CT molecular complexity index is 1190. The lowest BCUT2D eigenvalue weighted by molar-refractivity contribution is -0.306. The van der Waals surface area contributed by atoms with Gasteiger partial charge in [0.2, 0.25) is 0 Å². The maximum atomic E-state index is 12.7. The molecule has 3 N–H and O–H groups in total. The summed E-state index contributed by atoms with van der Waals surface area (Å²) in [5, 5.41) is 35.5. The maximum absolute atomic E-state index is 12.7. The second-order valence-corrected chi connectivity index (χ2v) is 21.7. The molecule has 8 nitrogen and oxygen atoms in total. The van der Waals surface area contributed by atoms with Crippen molar-refractivity contribution in [3.8, 4) is 0 Å². The van der Waals surface area contributed by atoms with Crippen LogP contribution in [0.5, 0.6) is 0 Å². The predicted molar refractivity (Wildman–Crippen MR) is 168 cm³/mol. The number of hydrogen-bond donors (Lipinski definition) is 3. The fraction of sp³-hybridized carbons (Fsp3) is 0.818. The molecule has 1 aromatic carbocycles. The van der Waals surface area contributed by atoms with Gasteiger partial charge in [-0.05, 0) is 56.3 Å². The third kappa shape index (κ3) is 4.72. The van der Waals surface area contributed by atoms with E-state index in [4.69, 9.17) is 23.4 Å². The highest BCUT2D eigenvalue weighted by atomic mass is 79.9. The highest BCUT2D eigenvalue weighted by molar-refractivity contribution is 9.09. The van der Waals surface area contributed by atoms with Gasteiger partial charge in [0, 0.05) is 17.8 Å². The van der Waals surface area contributed by atoms with Gasteiger partial charge in [-0.15, -0.1) is 0 Å². The summed E-state index contributed by atoms with van der Waals surface area (Å²) >= 11 is 3.93. The topological polar surface area (TPSA) is 107 Å². The summed E-state index contributed by atoms with van der Waals surface area (Å²) in [6.07, 6.45) is -1.26. The number of fused-ring (bicyclic) bond motifs is 3. The Morgan fingerprint density at radius 1 is 1.09 bits per heavy atom. The number of halogens is 1. The van der Waals surface area contributed by atoms with Crippen LogP contribution in [0.15, 0.2) is 30.3 Å². The molecule has 2 saturated carbocycles. The summed E-state index contributed by atoms with van der Waals surface area (Å²) in [6.45, 7) is 17.3. The molecule has 0 unspecified atom stereocenters. The Hall–Kier alpha value is -0.403.